The molecule has 1 aliphatic heterocycles. The summed E-state index contributed by atoms with van der Waals surface area (Å²) in [5.74, 6) is -0.446. The van der Waals surface area contributed by atoms with Gasteiger partial charge in [0, 0.05) is 41.2 Å². The fourth-order valence-corrected chi connectivity index (χ4v) is 6.97. The smallest absolute Gasteiger partial charge is 0.328 e. The molecule has 2 heterocycles. The van der Waals surface area contributed by atoms with Crippen molar-refractivity contribution in [2.45, 2.75) is 69.2 Å². The van der Waals surface area contributed by atoms with Crippen molar-refractivity contribution in [2.75, 3.05) is 0 Å². The molecule has 2 saturated carbocycles. The number of carboxylic acid groups (broad SMARTS) is 1. The van der Waals surface area contributed by atoms with Gasteiger partial charge in [-0.25, -0.2) is 4.79 Å². The predicted molar refractivity (Wildman–Crippen MR) is 157 cm³/mol. The molecule has 6 heteroatoms. The Kier molecular flexibility index (Phi) is 6.29. The number of hydrogen-bond acceptors (Lipinski definition) is 3. The molecule has 2 aliphatic carbocycles. The summed E-state index contributed by atoms with van der Waals surface area (Å²) in [6.45, 7) is 6.22. The van der Waals surface area contributed by atoms with Gasteiger partial charge in [-0.2, -0.15) is 0 Å². The molecule has 1 aromatic heterocycles. The lowest BCUT2D eigenvalue weighted by Crippen LogP contribution is -2.59. The lowest BCUT2D eigenvalue weighted by Gasteiger charge is -2.44. The number of fused-ring (bicyclic) bond motifs is 2. The van der Waals surface area contributed by atoms with E-state index in [0.717, 1.165) is 59.1 Å². The van der Waals surface area contributed by atoms with Crippen molar-refractivity contribution in [2.24, 2.45) is 12.0 Å². The topological polar surface area (TPSA) is 83.7 Å². The first-order valence-corrected chi connectivity index (χ1v) is 14.0. The van der Waals surface area contributed by atoms with E-state index in [4.69, 9.17) is 10.1 Å². The van der Waals surface area contributed by atoms with Crippen LogP contribution < -0.4 is 5.32 Å². The summed E-state index contributed by atoms with van der Waals surface area (Å²) in [5.41, 5.74) is 7.60. The monoisotopic (exact) mass is 521 g/mol. The number of aliphatic imine (C=N–C) groups is 1. The minimum Gasteiger partial charge on any atom is -0.478 e. The molecule has 1 atom stereocenters. The summed E-state index contributed by atoms with van der Waals surface area (Å²) in [6, 6.07) is 11.9. The minimum atomic E-state index is -0.972. The van der Waals surface area contributed by atoms with Gasteiger partial charge in [0.25, 0.3) is 5.91 Å². The summed E-state index contributed by atoms with van der Waals surface area (Å²) in [5, 5.41) is 13.6. The van der Waals surface area contributed by atoms with Crippen LogP contribution in [-0.2, 0) is 11.8 Å². The molecule has 2 fully saturated rings. The molecule has 6 rings (SSSR count). The Morgan fingerprint density at radius 3 is 2.56 bits per heavy atom. The predicted octanol–water partition coefficient (Wildman–Crippen LogP) is 7.12. The van der Waals surface area contributed by atoms with Gasteiger partial charge in [-0.05, 0) is 91.1 Å². The molecule has 1 unspecified atom stereocenters. The number of aryl methyl sites for hydroxylation is 1. The van der Waals surface area contributed by atoms with Gasteiger partial charge in [-0.15, -0.1) is 0 Å². The molecule has 0 bridgehead atoms. The van der Waals surface area contributed by atoms with Crippen LogP contribution in [0.15, 0.2) is 54.0 Å². The quantitative estimate of drug-likeness (QED) is 0.325. The van der Waals surface area contributed by atoms with E-state index in [0.29, 0.717) is 11.5 Å². The van der Waals surface area contributed by atoms with Crippen LogP contribution in [0, 0.1) is 0 Å². The van der Waals surface area contributed by atoms with Crippen molar-refractivity contribution in [3.05, 3.63) is 77.0 Å². The average Bonchev–Trinajstić information content (AvgIpc) is 3.62. The van der Waals surface area contributed by atoms with E-state index >= 15 is 0 Å². The number of carbonyl (C=O) groups is 2. The molecule has 0 radical (unpaired) electrons. The number of nitrogens with zero attached hydrogens (tertiary/aromatic N) is 2. The van der Waals surface area contributed by atoms with Crippen LogP contribution in [0.4, 0.5) is 5.69 Å². The second-order valence-corrected chi connectivity index (χ2v) is 11.4. The van der Waals surface area contributed by atoms with Crippen LogP contribution in [0.1, 0.15) is 96.4 Å². The SMILES string of the molecule is C=Cc1c(C2CCCC2)c2ccc(C(=O)NC3(C4=Nc5ccc(/C=C/C(=O)O)cc5C4C)CCC3)cc2n1C. The third-order valence-electron chi connectivity index (χ3n) is 9.14. The Bertz CT molecular complexity index is 1560. The maximum Gasteiger partial charge on any atom is 0.328 e. The number of benzene rings is 2. The Morgan fingerprint density at radius 1 is 1.13 bits per heavy atom. The molecule has 0 spiro atoms. The molecule has 6 nitrogen and oxygen atoms in total. The van der Waals surface area contributed by atoms with Crippen molar-refractivity contribution >= 4 is 46.3 Å². The normalized spacial score (nSPS) is 20.2. The van der Waals surface area contributed by atoms with E-state index in [1.165, 1.54) is 36.6 Å². The van der Waals surface area contributed by atoms with Crippen LogP contribution in [-0.4, -0.2) is 32.8 Å². The Hall–Kier alpha value is -3.93. The zero-order valence-electron chi connectivity index (χ0n) is 22.7. The fraction of sp³-hybridized carbons (Fsp3) is 0.364. The van der Waals surface area contributed by atoms with Gasteiger partial charge in [0.1, 0.15) is 0 Å². The zero-order valence-corrected chi connectivity index (χ0v) is 22.7. The molecular formula is C33H35N3O3. The first-order valence-electron chi connectivity index (χ1n) is 14.0. The van der Waals surface area contributed by atoms with Crippen LogP contribution >= 0.6 is 0 Å². The van der Waals surface area contributed by atoms with Gasteiger partial charge in [-0.1, -0.05) is 38.5 Å². The summed E-state index contributed by atoms with van der Waals surface area (Å²) >= 11 is 0. The van der Waals surface area contributed by atoms with Gasteiger partial charge in [0.2, 0.25) is 0 Å². The van der Waals surface area contributed by atoms with Gasteiger partial charge in [-0.3, -0.25) is 9.79 Å². The number of nitrogens with one attached hydrogen (secondary N) is 1. The number of hydrogen-bond donors (Lipinski definition) is 2. The van der Waals surface area contributed by atoms with E-state index in [1.54, 1.807) is 6.08 Å². The third kappa shape index (κ3) is 4.22. The highest BCUT2D eigenvalue weighted by atomic mass is 16.4. The van der Waals surface area contributed by atoms with Gasteiger partial charge < -0.3 is 15.0 Å². The van der Waals surface area contributed by atoms with Crippen LogP contribution in [0.2, 0.25) is 0 Å². The highest BCUT2D eigenvalue weighted by Crippen LogP contribution is 2.46. The van der Waals surface area contributed by atoms with E-state index in [2.05, 4.69) is 36.5 Å². The molecular weight excluding hydrogens is 486 g/mol. The summed E-state index contributed by atoms with van der Waals surface area (Å²) in [6.07, 6.45) is 12.4. The van der Waals surface area contributed by atoms with E-state index in [-0.39, 0.29) is 11.8 Å². The average molecular weight is 522 g/mol. The van der Waals surface area contributed by atoms with E-state index in [1.807, 2.05) is 36.4 Å². The van der Waals surface area contributed by atoms with Crippen molar-refractivity contribution in [3.8, 4) is 0 Å². The van der Waals surface area contributed by atoms with Crippen molar-refractivity contribution < 1.29 is 14.7 Å². The Labute approximate surface area is 229 Å². The van der Waals surface area contributed by atoms with Gasteiger partial charge >= 0.3 is 5.97 Å². The highest BCUT2D eigenvalue weighted by molar-refractivity contribution is 6.09. The zero-order chi connectivity index (χ0) is 27.3. The molecule has 2 N–H and O–H groups in total. The standard InChI is InChI=1S/C33H35N3O3/c1-4-27-30(22-8-5-6-9-22)24-13-12-23(19-28(24)36(27)3)32(39)35-33(16-7-17-33)31-20(2)25-18-21(11-15-29(37)38)10-14-26(25)34-31/h4,10-15,18-20,22H,1,5-9,16-17H2,2-3H3,(H,35,39)(H,37,38)/b15-11+. The van der Waals surface area contributed by atoms with Crippen LogP contribution in [0.3, 0.4) is 0 Å². The summed E-state index contributed by atoms with van der Waals surface area (Å²) < 4.78 is 2.18. The molecule has 3 aliphatic rings. The first-order chi connectivity index (χ1) is 18.8. The fourth-order valence-electron chi connectivity index (χ4n) is 6.97. The number of carboxylic acids is 1. The minimum absolute atomic E-state index is 0.0400. The van der Waals surface area contributed by atoms with Crippen LogP contribution in [0.25, 0.3) is 23.1 Å². The molecule has 3 aromatic rings. The Morgan fingerprint density at radius 2 is 1.90 bits per heavy atom. The molecule has 0 saturated heterocycles. The first kappa shape index (κ1) is 25.4. The van der Waals surface area contributed by atoms with Crippen molar-refractivity contribution in [3.63, 3.8) is 0 Å². The van der Waals surface area contributed by atoms with Gasteiger partial charge in [0.05, 0.1) is 16.9 Å². The molecule has 2 aromatic carbocycles. The number of amides is 1. The lowest BCUT2D eigenvalue weighted by molar-refractivity contribution is -0.131. The number of rotatable bonds is 7. The second-order valence-electron chi connectivity index (χ2n) is 11.4. The molecule has 39 heavy (non-hydrogen) atoms. The maximum absolute atomic E-state index is 13.7. The maximum atomic E-state index is 13.7. The largest absolute Gasteiger partial charge is 0.478 e. The third-order valence-corrected chi connectivity index (χ3v) is 9.14. The Balaban J connectivity index is 1.28. The van der Waals surface area contributed by atoms with Crippen molar-refractivity contribution in [1.29, 1.82) is 0 Å². The molecule has 1 amide bonds. The van der Waals surface area contributed by atoms with E-state index < -0.39 is 11.5 Å². The van der Waals surface area contributed by atoms with Crippen LogP contribution in [0.5, 0.6) is 0 Å². The number of aromatic nitrogens is 1. The lowest BCUT2D eigenvalue weighted by atomic mass is 9.69. The highest BCUT2D eigenvalue weighted by Gasteiger charge is 2.47. The second kappa shape index (κ2) is 9.67. The van der Waals surface area contributed by atoms with E-state index in [9.17, 15) is 9.59 Å². The van der Waals surface area contributed by atoms with Gasteiger partial charge in [0.15, 0.2) is 0 Å². The molecule has 200 valence electrons. The summed E-state index contributed by atoms with van der Waals surface area (Å²) in [4.78, 5) is 29.6. The summed E-state index contributed by atoms with van der Waals surface area (Å²) in [7, 11) is 2.07. The number of carbonyl (C=O) groups excluding carboxylic acids is 1. The number of aliphatic carboxylic acids is 1. The van der Waals surface area contributed by atoms with Crippen molar-refractivity contribution in [1.82, 2.24) is 9.88 Å².